The first kappa shape index (κ1) is 20.1. The highest BCUT2D eigenvalue weighted by atomic mass is 35.5. The molecular formula is C22H20ClNO3S. The first-order valence-corrected chi connectivity index (χ1v) is 9.99. The molecule has 1 aromatic heterocycles. The molecule has 3 rings (SSSR count). The zero-order valence-electron chi connectivity index (χ0n) is 15.6. The van der Waals surface area contributed by atoms with Crippen LogP contribution in [0.15, 0.2) is 54.6 Å². The molecule has 0 saturated carbocycles. The molecule has 0 radical (unpaired) electrons. The van der Waals surface area contributed by atoms with E-state index >= 15 is 0 Å². The van der Waals surface area contributed by atoms with Crippen LogP contribution in [0, 0.1) is 5.41 Å². The second-order valence-electron chi connectivity index (χ2n) is 6.06. The van der Waals surface area contributed by atoms with Gasteiger partial charge < -0.3 is 9.47 Å². The summed E-state index contributed by atoms with van der Waals surface area (Å²) in [5.41, 5.74) is 2.99. The summed E-state index contributed by atoms with van der Waals surface area (Å²) < 4.78 is 10.3. The second-order valence-corrected chi connectivity index (χ2v) is 7.55. The summed E-state index contributed by atoms with van der Waals surface area (Å²) in [6.45, 7) is 2.13. The minimum absolute atomic E-state index is 0.165. The summed E-state index contributed by atoms with van der Waals surface area (Å²) in [6, 6.07) is 16.7. The molecular weight excluding hydrogens is 394 g/mol. The summed E-state index contributed by atoms with van der Waals surface area (Å²) >= 11 is 7.49. The van der Waals surface area contributed by atoms with Crippen molar-refractivity contribution in [2.45, 2.75) is 13.3 Å². The summed E-state index contributed by atoms with van der Waals surface area (Å²) in [4.78, 5) is 13.8. The van der Waals surface area contributed by atoms with Gasteiger partial charge in [-0.3, -0.25) is 10.2 Å². The van der Waals surface area contributed by atoms with Gasteiger partial charge in [0.1, 0.15) is 5.75 Å². The second kappa shape index (κ2) is 9.04. The van der Waals surface area contributed by atoms with Crippen molar-refractivity contribution in [2.75, 3.05) is 13.7 Å². The van der Waals surface area contributed by atoms with E-state index < -0.39 is 0 Å². The average Bonchev–Trinajstić information content (AvgIpc) is 3.12. The van der Waals surface area contributed by atoms with Crippen molar-refractivity contribution >= 4 is 34.6 Å². The SMILES string of the molecule is CCOC(=O)Cc1cc(C(=N)c2ccc(OC)cc2)sc1-c1ccc(Cl)cc1. The third-order valence-electron chi connectivity index (χ3n) is 4.18. The van der Waals surface area contributed by atoms with Crippen LogP contribution >= 0.6 is 22.9 Å². The number of benzene rings is 2. The minimum Gasteiger partial charge on any atom is -0.497 e. The molecule has 0 aliphatic carbocycles. The fourth-order valence-electron chi connectivity index (χ4n) is 2.80. The van der Waals surface area contributed by atoms with Gasteiger partial charge in [-0.05, 0) is 60.5 Å². The van der Waals surface area contributed by atoms with E-state index in [0.29, 0.717) is 17.3 Å². The Balaban J connectivity index is 1.98. The quantitative estimate of drug-likeness (QED) is 0.405. The maximum atomic E-state index is 12.1. The molecule has 0 amide bonds. The topological polar surface area (TPSA) is 59.4 Å². The van der Waals surface area contributed by atoms with Crippen LogP contribution in [0.25, 0.3) is 10.4 Å². The van der Waals surface area contributed by atoms with E-state index in [2.05, 4.69) is 0 Å². The third-order valence-corrected chi connectivity index (χ3v) is 5.68. The molecule has 1 heterocycles. The molecule has 0 unspecified atom stereocenters. The highest BCUT2D eigenvalue weighted by Crippen LogP contribution is 2.35. The van der Waals surface area contributed by atoms with E-state index in [0.717, 1.165) is 32.2 Å². The number of carbonyl (C=O) groups excluding carboxylic acids is 1. The number of rotatable bonds is 7. The maximum absolute atomic E-state index is 12.1. The Hall–Kier alpha value is -2.63. The lowest BCUT2D eigenvalue weighted by Crippen LogP contribution is -2.07. The molecule has 2 aromatic carbocycles. The number of hydrogen-bond donors (Lipinski definition) is 1. The van der Waals surface area contributed by atoms with Gasteiger partial charge >= 0.3 is 5.97 Å². The first-order chi connectivity index (χ1) is 13.5. The maximum Gasteiger partial charge on any atom is 0.310 e. The number of carbonyl (C=O) groups is 1. The summed E-state index contributed by atoms with van der Waals surface area (Å²) in [7, 11) is 1.61. The van der Waals surface area contributed by atoms with Gasteiger partial charge in [0.25, 0.3) is 0 Å². The van der Waals surface area contributed by atoms with Crippen LogP contribution in [0.4, 0.5) is 0 Å². The van der Waals surface area contributed by atoms with Crippen molar-refractivity contribution < 1.29 is 14.3 Å². The van der Waals surface area contributed by atoms with Gasteiger partial charge in [0.15, 0.2) is 0 Å². The fourth-order valence-corrected chi connectivity index (χ4v) is 4.08. The molecule has 0 atom stereocenters. The molecule has 4 nitrogen and oxygen atoms in total. The Labute approximate surface area is 173 Å². The van der Waals surface area contributed by atoms with Gasteiger partial charge in [0.05, 0.1) is 30.7 Å². The monoisotopic (exact) mass is 413 g/mol. The Bertz CT molecular complexity index is 978. The summed E-state index contributed by atoms with van der Waals surface area (Å²) in [5, 5.41) is 9.25. The van der Waals surface area contributed by atoms with Gasteiger partial charge in [0, 0.05) is 15.5 Å². The lowest BCUT2D eigenvalue weighted by molar-refractivity contribution is -0.142. The van der Waals surface area contributed by atoms with Crippen molar-refractivity contribution in [3.8, 4) is 16.2 Å². The molecule has 144 valence electrons. The van der Waals surface area contributed by atoms with Crippen LogP contribution in [0.1, 0.15) is 22.9 Å². The van der Waals surface area contributed by atoms with E-state index in [4.69, 9.17) is 26.5 Å². The predicted octanol–water partition coefficient (Wildman–Crippen LogP) is 5.60. The molecule has 1 N–H and O–H groups in total. The Morgan fingerprint density at radius 1 is 1.11 bits per heavy atom. The van der Waals surface area contributed by atoms with Crippen LogP contribution in [0.3, 0.4) is 0 Å². The summed E-state index contributed by atoms with van der Waals surface area (Å²) in [5.74, 6) is 0.464. The lowest BCUT2D eigenvalue weighted by Gasteiger charge is -2.04. The number of ether oxygens (including phenoxy) is 2. The van der Waals surface area contributed by atoms with Gasteiger partial charge in [-0.2, -0.15) is 0 Å². The van der Waals surface area contributed by atoms with Gasteiger partial charge in [-0.25, -0.2) is 0 Å². The highest BCUT2D eigenvalue weighted by Gasteiger charge is 2.18. The first-order valence-electron chi connectivity index (χ1n) is 8.79. The Morgan fingerprint density at radius 3 is 2.39 bits per heavy atom. The molecule has 0 saturated heterocycles. The Morgan fingerprint density at radius 2 is 1.79 bits per heavy atom. The van der Waals surface area contributed by atoms with Crippen molar-refractivity contribution in [1.29, 1.82) is 5.41 Å². The molecule has 28 heavy (non-hydrogen) atoms. The molecule has 0 fully saturated rings. The van der Waals surface area contributed by atoms with Crippen molar-refractivity contribution in [2.24, 2.45) is 0 Å². The smallest absolute Gasteiger partial charge is 0.310 e. The number of esters is 1. The lowest BCUT2D eigenvalue weighted by atomic mass is 10.0. The van der Waals surface area contributed by atoms with Gasteiger partial charge in [-0.1, -0.05) is 23.7 Å². The highest BCUT2D eigenvalue weighted by molar-refractivity contribution is 7.17. The van der Waals surface area contributed by atoms with Crippen LogP contribution in [-0.4, -0.2) is 25.4 Å². The van der Waals surface area contributed by atoms with Gasteiger partial charge in [-0.15, -0.1) is 11.3 Å². The zero-order valence-corrected chi connectivity index (χ0v) is 17.2. The van der Waals surface area contributed by atoms with Crippen LogP contribution in [0.5, 0.6) is 5.75 Å². The van der Waals surface area contributed by atoms with E-state index in [1.54, 1.807) is 14.0 Å². The number of hydrogen-bond acceptors (Lipinski definition) is 5. The van der Waals surface area contributed by atoms with E-state index in [1.165, 1.54) is 11.3 Å². The van der Waals surface area contributed by atoms with Crippen LogP contribution in [0.2, 0.25) is 5.02 Å². The van der Waals surface area contributed by atoms with Crippen LogP contribution in [-0.2, 0) is 16.0 Å². The average molecular weight is 414 g/mol. The number of methoxy groups -OCH3 is 1. The predicted molar refractivity (Wildman–Crippen MR) is 114 cm³/mol. The van der Waals surface area contributed by atoms with Crippen molar-refractivity contribution in [3.63, 3.8) is 0 Å². The molecule has 0 bridgehead atoms. The number of nitrogens with one attached hydrogen (secondary N) is 1. The third kappa shape index (κ3) is 4.61. The van der Waals surface area contributed by atoms with Crippen molar-refractivity contribution in [1.82, 2.24) is 0 Å². The van der Waals surface area contributed by atoms with E-state index in [9.17, 15) is 4.79 Å². The Kier molecular flexibility index (Phi) is 6.49. The minimum atomic E-state index is -0.280. The fraction of sp³-hybridized carbons (Fsp3) is 0.182. The molecule has 0 aliphatic heterocycles. The standard InChI is InChI=1S/C22H20ClNO3S/c1-3-27-20(25)13-16-12-19(21(24)14-6-10-18(26-2)11-7-14)28-22(16)15-4-8-17(23)9-5-15/h4-12,24H,3,13H2,1-2H3. The molecule has 0 aliphatic rings. The van der Waals surface area contributed by atoms with E-state index in [-0.39, 0.29) is 12.4 Å². The molecule has 6 heteroatoms. The zero-order chi connectivity index (χ0) is 20.1. The molecule has 0 spiro atoms. The molecule has 3 aromatic rings. The van der Waals surface area contributed by atoms with Crippen molar-refractivity contribution in [3.05, 3.63) is 75.6 Å². The van der Waals surface area contributed by atoms with Crippen LogP contribution < -0.4 is 4.74 Å². The van der Waals surface area contributed by atoms with Gasteiger partial charge in [0.2, 0.25) is 0 Å². The van der Waals surface area contributed by atoms with E-state index in [1.807, 2.05) is 54.6 Å². The largest absolute Gasteiger partial charge is 0.497 e. The number of halogens is 1. The number of thiophene rings is 1. The summed E-state index contributed by atoms with van der Waals surface area (Å²) in [6.07, 6.45) is 0.165. The normalized spacial score (nSPS) is 10.5.